The SMILES string of the molecule is CC(C)(F)c1cc(CON)c2c(c1)OCO2. The van der Waals surface area contributed by atoms with Crippen molar-refractivity contribution in [2.45, 2.75) is 26.1 Å². The van der Waals surface area contributed by atoms with Crippen LogP contribution in [0.4, 0.5) is 4.39 Å². The van der Waals surface area contributed by atoms with E-state index in [-0.39, 0.29) is 13.4 Å². The Morgan fingerprint density at radius 3 is 2.81 bits per heavy atom. The van der Waals surface area contributed by atoms with Crippen LogP contribution in [0, 0.1) is 0 Å². The molecule has 0 atom stereocenters. The second-order valence-electron chi connectivity index (χ2n) is 4.15. The number of ether oxygens (including phenoxy) is 2. The number of alkyl halides is 1. The van der Waals surface area contributed by atoms with Crippen molar-refractivity contribution in [1.82, 2.24) is 0 Å². The normalized spacial score (nSPS) is 14.2. The van der Waals surface area contributed by atoms with Gasteiger partial charge in [-0.3, -0.25) is 4.84 Å². The lowest BCUT2D eigenvalue weighted by Gasteiger charge is -2.16. The molecule has 0 unspecified atom stereocenters. The van der Waals surface area contributed by atoms with Gasteiger partial charge in [0.15, 0.2) is 11.5 Å². The number of nitrogens with two attached hydrogens (primary N) is 1. The average molecular weight is 227 g/mol. The Kier molecular flexibility index (Phi) is 2.73. The van der Waals surface area contributed by atoms with Gasteiger partial charge in [-0.1, -0.05) is 0 Å². The van der Waals surface area contributed by atoms with E-state index in [0.717, 1.165) is 0 Å². The molecule has 1 aliphatic rings. The fourth-order valence-electron chi connectivity index (χ4n) is 1.62. The largest absolute Gasteiger partial charge is 0.454 e. The maximum atomic E-state index is 13.8. The molecule has 16 heavy (non-hydrogen) atoms. The van der Waals surface area contributed by atoms with Crippen molar-refractivity contribution in [3.63, 3.8) is 0 Å². The molecule has 88 valence electrons. The Morgan fingerprint density at radius 2 is 2.19 bits per heavy atom. The average Bonchev–Trinajstić information content (AvgIpc) is 2.64. The number of rotatable bonds is 3. The third-order valence-corrected chi connectivity index (χ3v) is 2.47. The maximum absolute atomic E-state index is 13.8. The van der Waals surface area contributed by atoms with Crippen LogP contribution in [-0.2, 0) is 17.1 Å². The van der Waals surface area contributed by atoms with Crippen molar-refractivity contribution in [3.05, 3.63) is 23.3 Å². The van der Waals surface area contributed by atoms with Gasteiger partial charge in [-0.25, -0.2) is 10.3 Å². The molecule has 0 saturated heterocycles. The molecule has 1 heterocycles. The Morgan fingerprint density at radius 1 is 1.44 bits per heavy atom. The highest BCUT2D eigenvalue weighted by atomic mass is 19.1. The quantitative estimate of drug-likeness (QED) is 0.802. The van der Waals surface area contributed by atoms with Gasteiger partial charge in [0.25, 0.3) is 0 Å². The van der Waals surface area contributed by atoms with Crippen LogP contribution < -0.4 is 15.4 Å². The van der Waals surface area contributed by atoms with Gasteiger partial charge in [-0.15, -0.1) is 0 Å². The highest BCUT2D eigenvalue weighted by molar-refractivity contribution is 5.51. The molecule has 0 aromatic heterocycles. The molecule has 0 bridgehead atoms. The van der Waals surface area contributed by atoms with Gasteiger partial charge in [0.05, 0.1) is 6.61 Å². The summed E-state index contributed by atoms with van der Waals surface area (Å²) in [6, 6.07) is 3.32. The molecule has 0 aliphatic carbocycles. The maximum Gasteiger partial charge on any atom is 0.231 e. The van der Waals surface area contributed by atoms with Crippen molar-refractivity contribution in [2.75, 3.05) is 6.79 Å². The summed E-state index contributed by atoms with van der Waals surface area (Å²) in [5.74, 6) is 6.14. The molecule has 0 spiro atoms. The number of hydrogen-bond donors (Lipinski definition) is 1. The van der Waals surface area contributed by atoms with Gasteiger partial charge in [-0.2, -0.15) is 0 Å². The lowest BCUT2D eigenvalue weighted by molar-refractivity contribution is 0.119. The van der Waals surface area contributed by atoms with E-state index in [4.69, 9.17) is 15.4 Å². The molecule has 0 radical (unpaired) electrons. The summed E-state index contributed by atoms with van der Waals surface area (Å²) in [4.78, 5) is 4.56. The van der Waals surface area contributed by atoms with E-state index in [2.05, 4.69) is 4.84 Å². The molecular formula is C11H14FNO3. The Hall–Kier alpha value is -1.33. The molecule has 0 amide bonds. The van der Waals surface area contributed by atoms with Crippen LogP contribution in [0.1, 0.15) is 25.0 Å². The lowest BCUT2D eigenvalue weighted by atomic mass is 9.97. The predicted octanol–water partition coefficient (Wildman–Crippen LogP) is 2.01. The fraction of sp³-hybridized carbons (Fsp3) is 0.455. The lowest BCUT2D eigenvalue weighted by Crippen LogP contribution is -2.10. The summed E-state index contributed by atoms with van der Waals surface area (Å²) >= 11 is 0. The molecular weight excluding hydrogens is 213 g/mol. The highest BCUT2D eigenvalue weighted by Crippen LogP contribution is 2.40. The van der Waals surface area contributed by atoms with Crippen molar-refractivity contribution in [1.29, 1.82) is 0 Å². The molecule has 1 aromatic rings. The first-order chi connectivity index (χ1) is 7.52. The zero-order chi connectivity index (χ0) is 11.8. The summed E-state index contributed by atoms with van der Waals surface area (Å²) in [6.07, 6.45) is 0. The van der Waals surface area contributed by atoms with Crippen LogP contribution in [0.5, 0.6) is 11.5 Å². The van der Waals surface area contributed by atoms with Crippen molar-refractivity contribution >= 4 is 0 Å². The first kappa shape index (κ1) is 11.2. The van der Waals surface area contributed by atoms with E-state index < -0.39 is 5.67 Å². The van der Waals surface area contributed by atoms with E-state index in [1.54, 1.807) is 12.1 Å². The van der Waals surface area contributed by atoms with Crippen molar-refractivity contribution in [3.8, 4) is 11.5 Å². The summed E-state index contributed by atoms with van der Waals surface area (Å²) in [7, 11) is 0. The highest BCUT2D eigenvalue weighted by Gasteiger charge is 2.26. The Balaban J connectivity index is 2.47. The van der Waals surface area contributed by atoms with E-state index in [0.29, 0.717) is 22.6 Å². The summed E-state index contributed by atoms with van der Waals surface area (Å²) in [6.45, 7) is 3.27. The summed E-state index contributed by atoms with van der Waals surface area (Å²) in [5.41, 5.74) is -0.230. The van der Waals surface area contributed by atoms with Gasteiger partial charge in [0, 0.05) is 5.56 Å². The van der Waals surface area contributed by atoms with Crippen molar-refractivity contribution < 1.29 is 18.7 Å². The van der Waals surface area contributed by atoms with Crippen LogP contribution in [0.25, 0.3) is 0 Å². The van der Waals surface area contributed by atoms with Gasteiger partial charge in [0.1, 0.15) is 5.67 Å². The van der Waals surface area contributed by atoms with E-state index in [9.17, 15) is 4.39 Å². The van der Waals surface area contributed by atoms with Gasteiger partial charge >= 0.3 is 0 Å². The van der Waals surface area contributed by atoms with Crippen LogP contribution >= 0.6 is 0 Å². The van der Waals surface area contributed by atoms with Crippen LogP contribution in [0.2, 0.25) is 0 Å². The third kappa shape index (κ3) is 1.96. The molecule has 2 rings (SSSR count). The topological polar surface area (TPSA) is 53.7 Å². The monoisotopic (exact) mass is 227 g/mol. The first-order valence-corrected chi connectivity index (χ1v) is 4.96. The number of fused-ring (bicyclic) bond motifs is 1. The molecule has 1 aromatic carbocycles. The third-order valence-electron chi connectivity index (χ3n) is 2.47. The van der Waals surface area contributed by atoms with Gasteiger partial charge in [-0.05, 0) is 31.5 Å². The number of hydrogen-bond acceptors (Lipinski definition) is 4. The number of benzene rings is 1. The zero-order valence-electron chi connectivity index (χ0n) is 9.25. The summed E-state index contributed by atoms with van der Waals surface area (Å²) in [5, 5.41) is 0. The first-order valence-electron chi connectivity index (χ1n) is 4.96. The van der Waals surface area contributed by atoms with Gasteiger partial charge < -0.3 is 9.47 Å². The molecule has 0 saturated carbocycles. The van der Waals surface area contributed by atoms with E-state index in [1.165, 1.54) is 13.8 Å². The Bertz CT molecular complexity index is 401. The van der Waals surface area contributed by atoms with Gasteiger partial charge in [0.2, 0.25) is 6.79 Å². The zero-order valence-corrected chi connectivity index (χ0v) is 9.25. The second kappa shape index (κ2) is 3.92. The number of halogens is 1. The van der Waals surface area contributed by atoms with Crippen LogP contribution in [-0.4, -0.2) is 6.79 Å². The van der Waals surface area contributed by atoms with E-state index in [1.807, 2.05) is 0 Å². The molecule has 2 N–H and O–H groups in total. The smallest absolute Gasteiger partial charge is 0.231 e. The van der Waals surface area contributed by atoms with Crippen molar-refractivity contribution in [2.24, 2.45) is 5.90 Å². The molecule has 5 heteroatoms. The molecule has 1 aliphatic heterocycles. The van der Waals surface area contributed by atoms with Crippen LogP contribution in [0.15, 0.2) is 12.1 Å². The van der Waals surface area contributed by atoms with E-state index >= 15 is 0 Å². The minimum atomic E-state index is -1.44. The van der Waals surface area contributed by atoms with Crippen LogP contribution in [0.3, 0.4) is 0 Å². The summed E-state index contributed by atoms with van der Waals surface area (Å²) < 4.78 is 24.3. The predicted molar refractivity (Wildman–Crippen MR) is 55.7 cm³/mol. The minimum Gasteiger partial charge on any atom is -0.454 e. The Labute approximate surface area is 93.1 Å². The fourth-order valence-corrected chi connectivity index (χ4v) is 1.62. The standard InChI is InChI=1S/C11H14FNO3/c1-11(2,12)8-3-7(5-16-13)10-9(4-8)14-6-15-10/h3-4H,5-6,13H2,1-2H3. The minimum absolute atomic E-state index is 0.142. The molecule has 4 nitrogen and oxygen atoms in total. The molecule has 0 fully saturated rings. The second-order valence-corrected chi connectivity index (χ2v) is 4.15.